The molecule has 0 spiro atoms. The van der Waals surface area contributed by atoms with Crippen LogP contribution >= 0.6 is 0 Å². The number of rotatable bonds is 4. The molecule has 6 nitrogen and oxygen atoms in total. The average Bonchev–Trinajstić information content (AvgIpc) is 3.15. The van der Waals surface area contributed by atoms with Gasteiger partial charge in [-0.3, -0.25) is 9.69 Å². The number of methoxy groups -OCH3 is 1. The third-order valence-corrected chi connectivity index (χ3v) is 7.21. The van der Waals surface area contributed by atoms with E-state index in [-0.39, 0.29) is 18.3 Å². The molecular weight excluding hydrogens is 457 g/mol. The van der Waals surface area contributed by atoms with Crippen LogP contribution in [0.25, 0.3) is 10.9 Å². The number of hydrogen-bond donors (Lipinski definition) is 1. The number of aromatic nitrogens is 1. The summed E-state index contributed by atoms with van der Waals surface area (Å²) in [6.07, 6.45) is 0.277. The van der Waals surface area contributed by atoms with Crippen LogP contribution in [0.1, 0.15) is 28.5 Å². The minimum absolute atomic E-state index is 0.0598. The summed E-state index contributed by atoms with van der Waals surface area (Å²) in [6, 6.07) is 20.5. The van der Waals surface area contributed by atoms with E-state index < -0.39 is 6.10 Å². The number of H-pyrrole nitrogens is 1. The first-order valence-corrected chi connectivity index (χ1v) is 12.3. The molecule has 1 atom stereocenters. The number of benzene rings is 3. The number of carbonyl (C=O) groups excluding carboxylic acids is 1. The number of aromatic amines is 1. The maximum atomic E-state index is 14.7. The lowest BCUT2D eigenvalue weighted by Gasteiger charge is -2.30. The van der Waals surface area contributed by atoms with Gasteiger partial charge >= 0.3 is 0 Å². The number of para-hydroxylation sites is 1. The predicted molar refractivity (Wildman–Crippen MR) is 135 cm³/mol. The van der Waals surface area contributed by atoms with Crippen LogP contribution in [0.15, 0.2) is 66.7 Å². The summed E-state index contributed by atoms with van der Waals surface area (Å²) < 4.78 is 26.3. The Morgan fingerprint density at radius 3 is 2.81 bits per heavy atom. The van der Waals surface area contributed by atoms with Crippen molar-refractivity contribution < 1.29 is 18.7 Å². The smallest absolute Gasteiger partial charge is 0.237 e. The van der Waals surface area contributed by atoms with E-state index in [1.54, 1.807) is 19.2 Å². The van der Waals surface area contributed by atoms with Crippen molar-refractivity contribution in [1.82, 2.24) is 14.8 Å². The van der Waals surface area contributed by atoms with Gasteiger partial charge in [0.15, 0.2) is 0 Å². The molecular formula is C29H28FN3O3. The Balaban J connectivity index is 1.24. The standard InChI is InChI=1S/C29H28FN3O3/c1-35-20-10-11-25-22(14-20)23-16-33(13-12-26(23)31-25)29(34)18-32-15-19-6-2-5-9-27(19)36-28(17-32)21-7-3-4-8-24(21)30/h2-11,14,28,31H,12-13,15-18H2,1H3. The van der Waals surface area contributed by atoms with Crippen molar-refractivity contribution in [3.05, 3.63) is 94.9 Å². The number of fused-ring (bicyclic) bond motifs is 4. The van der Waals surface area contributed by atoms with Crippen molar-refractivity contribution in [3.8, 4) is 11.5 Å². The van der Waals surface area contributed by atoms with E-state index >= 15 is 0 Å². The van der Waals surface area contributed by atoms with Crippen molar-refractivity contribution in [1.29, 1.82) is 0 Å². The van der Waals surface area contributed by atoms with Gasteiger partial charge in [0.25, 0.3) is 0 Å². The molecule has 2 aliphatic rings. The van der Waals surface area contributed by atoms with Crippen LogP contribution in [-0.2, 0) is 24.3 Å². The second kappa shape index (κ2) is 9.32. The SMILES string of the molecule is COc1ccc2[nH]c3c(c2c1)CN(C(=O)CN1Cc2ccccc2OC(c2ccccc2F)C1)CC3. The maximum absolute atomic E-state index is 14.7. The Labute approximate surface area is 209 Å². The highest BCUT2D eigenvalue weighted by atomic mass is 19.1. The molecule has 2 aliphatic heterocycles. The normalized spacial score (nSPS) is 17.7. The van der Waals surface area contributed by atoms with Gasteiger partial charge in [-0.2, -0.15) is 0 Å². The second-order valence-electron chi connectivity index (χ2n) is 9.46. The van der Waals surface area contributed by atoms with E-state index in [0.29, 0.717) is 31.7 Å². The largest absolute Gasteiger partial charge is 0.497 e. The van der Waals surface area contributed by atoms with Crippen molar-refractivity contribution in [2.75, 3.05) is 26.7 Å². The molecule has 0 saturated carbocycles. The van der Waals surface area contributed by atoms with Gasteiger partial charge in [-0.1, -0.05) is 36.4 Å². The molecule has 3 heterocycles. The van der Waals surface area contributed by atoms with Crippen molar-refractivity contribution in [3.63, 3.8) is 0 Å². The number of halogens is 1. The van der Waals surface area contributed by atoms with E-state index in [9.17, 15) is 9.18 Å². The van der Waals surface area contributed by atoms with Crippen LogP contribution in [0.4, 0.5) is 4.39 Å². The zero-order valence-corrected chi connectivity index (χ0v) is 20.2. The zero-order valence-electron chi connectivity index (χ0n) is 20.2. The van der Waals surface area contributed by atoms with E-state index in [1.807, 2.05) is 53.4 Å². The fourth-order valence-corrected chi connectivity index (χ4v) is 5.32. The molecule has 0 fully saturated rings. The van der Waals surface area contributed by atoms with Gasteiger partial charge in [-0.25, -0.2) is 4.39 Å². The molecule has 36 heavy (non-hydrogen) atoms. The first-order valence-electron chi connectivity index (χ1n) is 12.3. The fraction of sp³-hybridized carbons (Fsp3) is 0.276. The highest BCUT2D eigenvalue weighted by Crippen LogP contribution is 2.33. The van der Waals surface area contributed by atoms with Gasteiger partial charge < -0.3 is 19.4 Å². The summed E-state index contributed by atoms with van der Waals surface area (Å²) in [6.45, 7) is 2.44. The Kier molecular flexibility index (Phi) is 5.85. The van der Waals surface area contributed by atoms with E-state index in [4.69, 9.17) is 9.47 Å². The molecule has 1 aromatic heterocycles. The molecule has 1 amide bonds. The first kappa shape index (κ1) is 22.6. The van der Waals surface area contributed by atoms with Gasteiger partial charge in [0.2, 0.25) is 5.91 Å². The number of nitrogens with zero attached hydrogens (tertiary/aromatic N) is 2. The lowest BCUT2D eigenvalue weighted by atomic mass is 10.0. The fourth-order valence-electron chi connectivity index (χ4n) is 5.32. The molecule has 3 aromatic carbocycles. The van der Waals surface area contributed by atoms with E-state index in [0.717, 1.165) is 39.9 Å². The van der Waals surface area contributed by atoms with Crippen LogP contribution in [0.5, 0.6) is 11.5 Å². The average molecular weight is 486 g/mol. The first-order chi connectivity index (χ1) is 17.6. The van der Waals surface area contributed by atoms with Crippen LogP contribution < -0.4 is 9.47 Å². The second-order valence-corrected chi connectivity index (χ2v) is 9.46. The summed E-state index contributed by atoms with van der Waals surface area (Å²) in [7, 11) is 1.66. The summed E-state index contributed by atoms with van der Waals surface area (Å²) >= 11 is 0. The Morgan fingerprint density at radius 2 is 1.94 bits per heavy atom. The summed E-state index contributed by atoms with van der Waals surface area (Å²) in [5, 5.41) is 1.10. The van der Waals surface area contributed by atoms with Crippen molar-refractivity contribution in [2.45, 2.75) is 25.6 Å². The summed E-state index contributed by atoms with van der Waals surface area (Å²) in [4.78, 5) is 21.0. The highest BCUT2D eigenvalue weighted by molar-refractivity contribution is 5.87. The molecule has 4 aromatic rings. The Hall–Kier alpha value is -3.84. The number of hydrogen-bond acceptors (Lipinski definition) is 4. The predicted octanol–water partition coefficient (Wildman–Crippen LogP) is 4.84. The van der Waals surface area contributed by atoms with Gasteiger partial charge in [0.05, 0.1) is 13.7 Å². The molecule has 0 aliphatic carbocycles. The van der Waals surface area contributed by atoms with Gasteiger partial charge in [0.1, 0.15) is 23.4 Å². The Bertz CT molecular complexity index is 1430. The Morgan fingerprint density at radius 1 is 1.11 bits per heavy atom. The van der Waals surface area contributed by atoms with E-state index in [2.05, 4.69) is 9.88 Å². The monoisotopic (exact) mass is 485 g/mol. The maximum Gasteiger partial charge on any atom is 0.237 e. The van der Waals surface area contributed by atoms with Crippen molar-refractivity contribution in [2.24, 2.45) is 0 Å². The molecule has 0 saturated heterocycles. The summed E-state index contributed by atoms with van der Waals surface area (Å²) in [5.41, 5.74) is 4.89. The molecule has 7 heteroatoms. The minimum atomic E-state index is -0.503. The lowest BCUT2D eigenvalue weighted by molar-refractivity contribution is -0.133. The summed E-state index contributed by atoms with van der Waals surface area (Å²) in [5.74, 6) is 1.29. The number of carbonyl (C=O) groups is 1. The third-order valence-electron chi connectivity index (χ3n) is 7.21. The van der Waals surface area contributed by atoms with Crippen LogP contribution in [-0.4, -0.2) is 47.4 Å². The number of ether oxygens (including phenoxy) is 2. The van der Waals surface area contributed by atoms with Crippen LogP contribution in [0, 0.1) is 5.82 Å². The molecule has 0 radical (unpaired) electrons. The van der Waals surface area contributed by atoms with E-state index in [1.165, 1.54) is 11.8 Å². The highest BCUT2D eigenvalue weighted by Gasteiger charge is 2.30. The van der Waals surface area contributed by atoms with Crippen LogP contribution in [0.3, 0.4) is 0 Å². The topological polar surface area (TPSA) is 57.8 Å². The number of nitrogens with one attached hydrogen (secondary N) is 1. The quantitative estimate of drug-likeness (QED) is 0.450. The molecule has 184 valence electrons. The molecule has 0 bridgehead atoms. The van der Waals surface area contributed by atoms with Gasteiger partial charge in [-0.15, -0.1) is 0 Å². The van der Waals surface area contributed by atoms with Crippen LogP contribution in [0.2, 0.25) is 0 Å². The lowest BCUT2D eigenvalue weighted by Crippen LogP contribution is -2.43. The minimum Gasteiger partial charge on any atom is -0.497 e. The molecule has 6 rings (SSSR count). The van der Waals surface area contributed by atoms with Gasteiger partial charge in [-0.05, 0) is 30.3 Å². The third kappa shape index (κ3) is 4.20. The molecule has 1 N–H and O–H groups in total. The molecule has 1 unspecified atom stereocenters. The van der Waals surface area contributed by atoms with Gasteiger partial charge in [0, 0.05) is 65.9 Å². The number of amides is 1. The van der Waals surface area contributed by atoms with Crippen molar-refractivity contribution >= 4 is 16.8 Å². The zero-order chi connectivity index (χ0) is 24.6.